The number of methoxy groups -OCH3 is 1. The summed E-state index contributed by atoms with van der Waals surface area (Å²) in [6.07, 6.45) is 0.201. The van der Waals surface area contributed by atoms with Gasteiger partial charge in [-0.25, -0.2) is 4.79 Å². The van der Waals surface area contributed by atoms with Crippen LogP contribution in [-0.4, -0.2) is 60.1 Å². The van der Waals surface area contributed by atoms with Crippen LogP contribution in [0.2, 0.25) is 0 Å². The maximum atomic E-state index is 14.3. The monoisotopic (exact) mass is 537 g/mol. The molecule has 9 heteroatoms. The molecule has 2 aromatic carbocycles. The summed E-state index contributed by atoms with van der Waals surface area (Å²) in [7, 11) is 1.24. The van der Waals surface area contributed by atoms with Gasteiger partial charge in [-0.05, 0) is 51.2 Å². The Balaban J connectivity index is 2.01. The second-order valence-corrected chi connectivity index (χ2v) is 11.0. The third-order valence-electron chi connectivity index (χ3n) is 6.50. The van der Waals surface area contributed by atoms with Crippen molar-refractivity contribution in [2.24, 2.45) is 5.92 Å². The summed E-state index contributed by atoms with van der Waals surface area (Å²) in [5, 5.41) is 5.38. The largest absolute Gasteiger partial charge is 0.468 e. The molecule has 39 heavy (non-hydrogen) atoms. The fraction of sp³-hybridized carbons (Fsp3) is 0.467. The molecule has 0 spiro atoms. The number of aryl methyl sites for hydroxylation is 1. The van der Waals surface area contributed by atoms with E-state index >= 15 is 0 Å². The lowest BCUT2D eigenvalue weighted by atomic mass is 9.99. The van der Waals surface area contributed by atoms with E-state index in [1.807, 2.05) is 56.3 Å². The van der Waals surface area contributed by atoms with Crippen LogP contribution in [0.15, 0.2) is 54.6 Å². The standard InChI is InChI=1S/C30H39N3O6/c1-19-12-14-22(15-13-19)26(27(35)31-18-25(34)38-6)33(24-16-20(24)2)28(36)23(17-21-10-8-7-9-11-21)32-29(37)39-30(3,4)5/h7-15,20,23-24,26H,16-18H2,1-6H3,(H,31,35)(H,32,37). The van der Waals surface area contributed by atoms with Crippen molar-refractivity contribution in [1.29, 1.82) is 0 Å². The molecule has 2 N–H and O–H groups in total. The molecule has 3 rings (SSSR count). The summed E-state index contributed by atoms with van der Waals surface area (Å²) >= 11 is 0. The molecule has 4 unspecified atom stereocenters. The topological polar surface area (TPSA) is 114 Å². The Kier molecular flexibility index (Phi) is 9.72. The van der Waals surface area contributed by atoms with Crippen LogP contribution in [0.5, 0.6) is 0 Å². The van der Waals surface area contributed by atoms with Crippen LogP contribution >= 0.6 is 0 Å². The molecular formula is C30H39N3O6. The predicted molar refractivity (Wildman–Crippen MR) is 147 cm³/mol. The summed E-state index contributed by atoms with van der Waals surface area (Å²) in [4.78, 5) is 54.1. The van der Waals surface area contributed by atoms with Crippen LogP contribution in [0, 0.1) is 12.8 Å². The van der Waals surface area contributed by atoms with E-state index in [0.717, 1.165) is 11.1 Å². The van der Waals surface area contributed by atoms with Gasteiger partial charge in [-0.3, -0.25) is 14.4 Å². The van der Waals surface area contributed by atoms with Gasteiger partial charge in [-0.15, -0.1) is 0 Å². The first-order valence-electron chi connectivity index (χ1n) is 13.2. The third kappa shape index (κ3) is 8.56. The van der Waals surface area contributed by atoms with Gasteiger partial charge >= 0.3 is 12.1 Å². The molecule has 210 valence electrons. The van der Waals surface area contributed by atoms with Gasteiger partial charge in [0.2, 0.25) is 11.8 Å². The molecule has 0 saturated heterocycles. The van der Waals surface area contributed by atoms with E-state index < -0.39 is 41.6 Å². The fourth-order valence-electron chi connectivity index (χ4n) is 4.37. The number of amides is 3. The molecule has 1 fully saturated rings. The molecular weight excluding hydrogens is 498 g/mol. The van der Waals surface area contributed by atoms with E-state index in [4.69, 9.17) is 4.74 Å². The molecule has 3 amide bonds. The van der Waals surface area contributed by atoms with E-state index in [9.17, 15) is 19.2 Å². The number of carbonyl (C=O) groups is 4. The van der Waals surface area contributed by atoms with Gasteiger partial charge in [-0.1, -0.05) is 67.1 Å². The third-order valence-corrected chi connectivity index (χ3v) is 6.50. The highest BCUT2D eigenvalue weighted by Gasteiger charge is 2.48. The lowest BCUT2D eigenvalue weighted by molar-refractivity contribution is -0.145. The molecule has 9 nitrogen and oxygen atoms in total. The van der Waals surface area contributed by atoms with Crippen LogP contribution in [0.4, 0.5) is 4.79 Å². The van der Waals surface area contributed by atoms with Crippen molar-refractivity contribution >= 4 is 23.9 Å². The van der Waals surface area contributed by atoms with Crippen molar-refractivity contribution in [3.63, 3.8) is 0 Å². The maximum absolute atomic E-state index is 14.3. The molecule has 1 aliphatic carbocycles. The minimum Gasteiger partial charge on any atom is -0.468 e. The number of esters is 1. The zero-order valence-electron chi connectivity index (χ0n) is 23.5. The van der Waals surface area contributed by atoms with E-state index in [-0.39, 0.29) is 24.9 Å². The highest BCUT2D eigenvalue weighted by atomic mass is 16.6. The molecule has 0 aromatic heterocycles. The van der Waals surface area contributed by atoms with Gasteiger partial charge in [-0.2, -0.15) is 0 Å². The van der Waals surface area contributed by atoms with Crippen molar-refractivity contribution in [2.45, 2.75) is 71.2 Å². The smallest absolute Gasteiger partial charge is 0.408 e. The van der Waals surface area contributed by atoms with Crippen LogP contribution in [-0.2, 0) is 30.3 Å². The van der Waals surface area contributed by atoms with Crippen molar-refractivity contribution in [1.82, 2.24) is 15.5 Å². The van der Waals surface area contributed by atoms with Crippen LogP contribution < -0.4 is 10.6 Å². The molecule has 1 saturated carbocycles. The highest BCUT2D eigenvalue weighted by molar-refractivity contribution is 5.93. The van der Waals surface area contributed by atoms with Crippen molar-refractivity contribution in [3.8, 4) is 0 Å². The molecule has 0 heterocycles. The van der Waals surface area contributed by atoms with Gasteiger partial charge in [0.25, 0.3) is 0 Å². The highest BCUT2D eigenvalue weighted by Crippen LogP contribution is 2.41. The normalized spacial score (nSPS) is 17.8. The molecule has 0 radical (unpaired) electrons. The number of hydrogen-bond donors (Lipinski definition) is 2. The Morgan fingerprint density at radius 2 is 1.64 bits per heavy atom. The summed E-state index contributed by atoms with van der Waals surface area (Å²) in [6, 6.07) is 14.5. The zero-order valence-corrected chi connectivity index (χ0v) is 23.5. The second-order valence-electron chi connectivity index (χ2n) is 11.0. The Bertz CT molecular complexity index is 1160. The van der Waals surface area contributed by atoms with Crippen LogP contribution in [0.1, 0.15) is 56.8 Å². The first-order chi connectivity index (χ1) is 18.4. The van der Waals surface area contributed by atoms with E-state index in [0.29, 0.717) is 12.0 Å². The minimum absolute atomic E-state index is 0.161. The van der Waals surface area contributed by atoms with Crippen LogP contribution in [0.25, 0.3) is 0 Å². The van der Waals surface area contributed by atoms with Crippen LogP contribution in [0.3, 0.4) is 0 Å². The van der Waals surface area contributed by atoms with E-state index in [1.54, 1.807) is 37.8 Å². The van der Waals surface area contributed by atoms with Gasteiger partial charge in [0.15, 0.2) is 0 Å². The van der Waals surface area contributed by atoms with Gasteiger partial charge in [0.1, 0.15) is 24.2 Å². The van der Waals surface area contributed by atoms with E-state index in [1.165, 1.54) is 7.11 Å². The summed E-state index contributed by atoms with van der Waals surface area (Å²) in [5.41, 5.74) is 1.69. The summed E-state index contributed by atoms with van der Waals surface area (Å²) in [5.74, 6) is -1.35. The van der Waals surface area contributed by atoms with E-state index in [2.05, 4.69) is 15.4 Å². The molecule has 2 aromatic rings. The number of alkyl carbamates (subject to hydrolysis) is 1. The molecule has 1 aliphatic rings. The summed E-state index contributed by atoms with van der Waals surface area (Å²) < 4.78 is 10.1. The summed E-state index contributed by atoms with van der Waals surface area (Å²) in [6.45, 7) is 8.86. The zero-order chi connectivity index (χ0) is 28.7. The van der Waals surface area contributed by atoms with Crippen molar-refractivity contribution in [2.75, 3.05) is 13.7 Å². The Hall–Kier alpha value is -3.88. The molecule has 4 atom stereocenters. The Labute approximate surface area is 230 Å². The van der Waals surface area contributed by atoms with Gasteiger partial charge in [0, 0.05) is 12.5 Å². The number of nitrogens with zero attached hydrogens (tertiary/aromatic N) is 1. The Morgan fingerprint density at radius 1 is 1.03 bits per heavy atom. The lowest BCUT2D eigenvalue weighted by Gasteiger charge is -2.35. The number of hydrogen-bond acceptors (Lipinski definition) is 6. The minimum atomic E-state index is -1.02. The molecule has 0 bridgehead atoms. The van der Waals surface area contributed by atoms with Gasteiger partial charge < -0.3 is 25.0 Å². The number of rotatable bonds is 10. The first kappa shape index (κ1) is 29.7. The quantitative estimate of drug-likeness (QED) is 0.447. The number of ether oxygens (including phenoxy) is 2. The lowest BCUT2D eigenvalue weighted by Crippen LogP contribution is -2.55. The fourth-order valence-corrected chi connectivity index (χ4v) is 4.37. The predicted octanol–water partition coefficient (Wildman–Crippen LogP) is 3.70. The van der Waals surface area contributed by atoms with Gasteiger partial charge in [0.05, 0.1) is 7.11 Å². The van der Waals surface area contributed by atoms with Crippen molar-refractivity contribution in [3.05, 3.63) is 71.3 Å². The SMILES string of the molecule is COC(=O)CNC(=O)C(c1ccc(C)cc1)N(C(=O)C(Cc1ccccc1)NC(=O)OC(C)(C)C)C1CC1C. The Morgan fingerprint density at radius 3 is 2.18 bits per heavy atom. The number of nitrogens with one attached hydrogen (secondary N) is 2. The number of carbonyl (C=O) groups excluding carboxylic acids is 4. The number of benzene rings is 2. The second kappa shape index (κ2) is 12.8. The first-order valence-corrected chi connectivity index (χ1v) is 13.2. The average molecular weight is 538 g/mol. The van der Waals surface area contributed by atoms with Crippen molar-refractivity contribution < 1.29 is 28.7 Å². The average Bonchev–Trinajstić information content (AvgIpc) is 3.60. The maximum Gasteiger partial charge on any atom is 0.408 e. The molecule has 0 aliphatic heterocycles.